The number of amides is 1. The Kier molecular flexibility index (Phi) is 3.69. The van der Waals surface area contributed by atoms with Gasteiger partial charge in [0.1, 0.15) is 5.75 Å². The predicted molar refractivity (Wildman–Crippen MR) is 84.2 cm³/mol. The van der Waals surface area contributed by atoms with Gasteiger partial charge in [-0.05, 0) is 45.3 Å². The van der Waals surface area contributed by atoms with Gasteiger partial charge in [0.05, 0.1) is 11.2 Å². The van der Waals surface area contributed by atoms with Crippen LogP contribution in [0, 0.1) is 0 Å². The van der Waals surface area contributed by atoms with Gasteiger partial charge in [0.15, 0.2) is 6.10 Å². The fraction of sp³-hybridized carbons (Fsp3) is 0.562. The number of hydrogen-bond acceptors (Lipinski definition) is 4. The normalized spacial score (nSPS) is 26.1. The van der Waals surface area contributed by atoms with Crippen LogP contribution in [0.5, 0.6) is 5.75 Å². The highest BCUT2D eigenvalue weighted by molar-refractivity contribution is 6.62. The first-order valence-electron chi connectivity index (χ1n) is 7.68. The lowest BCUT2D eigenvalue weighted by molar-refractivity contribution is -0.124. The van der Waals surface area contributed by atoms with Crippen molar-refractivity contribution in [2.24, 2.45) is 0 Å². The molecule has 0 spiro atoms. The fourth-order valence-electron chi connectivity index (χ4n) is 2.53. The molecule has 1 aromatic rings. The Balaban J connectivity index is 1.69. The van der Waals surface area contributed by atoms with Crippen LogP contribution in [-0.4, -0.2) is 36.9 Å². The van der Waals surface area contributed by atoms with Gasteiger partial charge in [-0.2, -0.15) is 0 Å². The lowest BCUT2D eigenvalue weighted by Gasteiger charge is -2.32. The molecule has 0 saturated carbocycles. The summed E-state index contributed by atoms with van der Waals surface area (Å²) in [5.41, 5.74) is 0.241. The van der Waals surface area contributed by atoms with Crippen LogP contribution in [0.25, 0.3) is 0 Å². The number of carbonyl (C=O) groups is 1. The van der Waals surface area contributed by atoms with Gasteiger partial charge in [-0.3, -0.25) is 4.79 Å². The van der Waals surface area contributed by atoms with Crippen molar-refractivity contribution < 1.29 is 18.8 Å². The molecule has 1 N–H and O–H groups in total. The smallest absolute Gasteiger partial charge is 0.481 e. The molecule has 1 aromatic carbocycles. The van der Waals surface area contributed by atoms with E-state index < -0.39 is 0 Å². The van der Waals surface area contributed by atoms with Crippen LogP contribution in [0.3, 0.4) is 0 Å². The minimum atomic E-state index is -0.386. The van der Waals surface area contributed by atoms with Crippen molar-refractivity contribution in [3.8, 4) is 5.75 Å². The molecule has 2 aliphatic rings. The van der Waals surface area contributed by atoms with Crippen LogP contribution in [0.1, 0.15) is 34.1 Å². The van der Waals surface area contributed by atoms with Crippen molar-refractivity contribution in [2.75, 3.05) is 6.54 Å². The minimum absolute atomic E-state index is 0.0463. The van der Waals surface area contributed by atoms with Gasteiger partial charge in [-0.1, -0.05) is 12.1 Å². The van der Waals surface area contributed by atoms with Crippen molar-refractivity contribution in [3.05, 3.63) is 24.3 Å². The lowest BCUT2D eigenvalue weighted by atomic mass is 9.79. The third-order valence-corrected chi connectivity index (χ3v) is 4.68. The summed E-state index contributed by atoms with van der Waals surface area (Å²) in [6, 6.07) is 7.55. The molecular formula is C16H22BNO4. The first kappa shape index (κ1) is 15.4. The molecule has 118 valence electrons. The summed E-state index contributed by atoms with van der Waals surface area (Å²) in [5.74, 6) is 0.636. The van der Waals surface area contributed by atoms with Gasteiger partial charge in [0.25, 0.3) is 5.91 Å². The molecule has 2 aliphatic heterocycles. The van der Waals surface area contributed by atoms with Gasteiger partial charge in [-0.15, -0.1) is 0 Å². The van der Waals surface area contributed by atoms with E-state index in [1.54, 1.807) is 0 Å². The zero-order valence-corrected chi connectivity index (χ0v) is 13.5. The van der Waals surface area contributed by atoms with E-state index >= 15 is 0 Å². The van der Waals surface area contributed by atoms with Gasteiger partial charge in [0, 0.05) is 13.0 Å². The summed E-state index contributed by atoms with van der Waals surface area (Å²) in [6.45, 7) is 8.80. The van der Waals surface area contributed by atoms with Crippen LogP contribution >= 0.6 is 0 Å². The van der Waals surface area contributed by atoms with E-state index in [0.717, 1.165) is 5.46 Å². The van der Waals surface area contributed by atoms with Gasteiger partial charge >= 0.3 is 7.12 Å². The third kappa shape index (κ3) is 2.73. The van der Waals surface area contributed by atoms with Crippen LogP contribution < -0.4 is 15.5 Å². The van der Waals surface area contributed by atoms with E-state index in [2.05, 4.69) is 5.32 Å². The highest BCUT2D eigenvalue weighted by Crippen LogP contribution is 2.36. The topological polar surface area (TPSA) is 56.8 Å². The zero-order valence-electron chi connectivity index (χ0n) is 13.5. The first-order chi connectivity index (χ1) is 10.3. The lowest BCUT2D eigenvalue weighted by Crippen LogP contribution is -2.41. The Hall–Kier alpha value is -1.53. The van der Waals surface area contributed by atoms with E-state index in [9.17, 15) is 4.79 Å². The van der Waals surface area contributed by atoms with E-state index in [0.29, 0.717) is 18.7 Å². The number of hydrogen-bond donors (Lipinski definition) is 1. The van der Waals surface area contributed by atoms with E-state index in [-0.39, 0.29) is 30.3 Å². The van der Waals surface area contributed by atoms with Crippen molar-refractivity contribution in [2.45, 2.75) is 51.4 Å². The Labute approximate surface area is 131 Å². The van der Waals surface area contributed by atoms with Crippen molar-refractivity contribution in [3.63, 3.8) is 0 Å². The van der Waals surface area contributed by atoms with Gasteiger partial charge < -0.3 is 19.4 Å². The molecule has 0 bridgehead atoms. The highest BCUT2D eigenvalue weighted by atomic mass is 16.7. The van der Waals surface area contributed by atoms with Crippen LogP contribution in [0.4, 0.5) is 0 Å². The van der Waals surface area contributed by atoms with E-state index in [1.807, 2.05) is 52.0 Å². The molecule has 5 nitrogen and oxygen atoms in total. The monoisotopic (exact) mass is 303 g/mol. The third-order valence-electron chi connectivity index (χ3n) is 4.68. The second-order valence-electron chi connectivity index (χ2n) is 6.84. The van der Waals surface area contributed by atoms with Gasteiger partial charge in [-0.25, -0.2) is 0 Å². The predicted octanol–water partition coefficient (Wildman–Crippen LogP) is 1.25. The molecule has 0 radical (unpaired) electrons. The summed E-state index contributed by atoms with van der Waals surface area (Å²) in [5, 5.41) is 2.76. The van der Waals surface area contributed by atoms with Crippen LogP contribution in [0.15, 0.2) is 24.3 Å². The van der Waals surface area contributed by atoms with E-state index in [1.165, 1.54) is 0 Å². The molecule has 0 aliphatic carbocycles. The summed E-state index contributed by atoms with van der Waals surface area (Å²) in [4.78, 5) is 11.5. The second-order valence-corrected chi connectivity index (χ2v) is 6.84. The summed E-state index contributed by atoms with van der Waals surface area (Å²) in [6.07, 6.45) is 0.320. The van der Waals surface area contributed by atoms with Crippen LogP contribution in [0.2, 0.25) is 0 Å². The molecular weight excluding hydrogens is 281 g/mol. The maximum Gasteiger partial charge on any atom is 0.494 e. The molecule has 2 fully saturated rings. The Morgan fingerprint density at radius 2 is 1.73 bits per heavy atom. The molecule has 3 rings (SSSR count). The number of nitrogens with one attached hydrogen (secondary N) is 1. The fourth-order valence-corrected chi connectivity index (χ4v) is 2.53. The highest BCUT2D eigenvalue weighted by Gasteiger charge is 2.51. The Morgan fingerprint density at radius 3 is 2.23 bits per heavy atom. The summed E-state index contributed by atoms with van der Waals surface area (Å²) in [7, 11) is -0.381. The van der Waals surface area contributed by atoms with Gasteiger partial charge in [0.2, 0.25) is 0 Å². The first-order valence-corrected chi connectivity index (χ1v) is 7.68. The number of benzene rings is 1. The number of rotatable bonds is 3. The van der Waals surface area contributed by atoms with Crippen molar-refractivity contribution in [1.82, 2.24) is 5.32 Å². The largest absolute Gasteiger partial charge is 0.494 e. The van der Waals surface area contributed by atoms with Crippen molar-refractivity contribution in [1.29, 1.82) is 0 Å². The molecule has 1 amide bonds. The molecule has 2 saturated heterocycles. The number of carbonyl (C=O) groups excluding carboxylic acids is 1. The average Bonchev–Trinajstić information content (AvgIpc) is 2.92. The summed E-state index contributed by atoms with van der Waals surface area (Å²) < 4.78 is 17.7. The second kappa shape index (κ2) is 5.28. The molecule has 2 heterocycles. The molecule has 1 unspecified atom stereocenters. The SMILES string of the molecule is CC1(C)OB(c2ccc(OC3CCNC3=O)cc2)OC1(C)C. The quantitative estimate of drug-likeness (QED) is 0.854. The molecule has 6 heteroatoms. The molecule has 0 aromatic heterocycles. The Morgan fingerprint density at radius 1 is 1.14 bits per heavy atom. The average molecular weight is 303 g/mol. The van der Waals surface area contributed by atoms with E-state index in [4.69, 9.17) is 14.0 Å². The Bertz CT molecular complexity index is 554. The standard InChI is InChI=1S/C16H22BNO4/c1-15(2)16(3,4)22-17(21-15)11-5-7-12(8-6-11)20-13-9-10-18-14(13)19/h5-8,13H,9-10H2,1-4H3,(H,18,19). The maximum atomic E-state index is 11.5. The maximum absolute atomic E-state index is 11.5. The molecule has 1 atom stereocenters. The van der Waals surface area contributed by atoms with Crippen LogP contribution in [-0.2, 0) is 14.1 Å². The minimum Gasteiger partial charge on any atom is -0.481 e. The summed E-state index contributed by atoms with van der Waals surface area (Å²) >= 11 is 0. The number of ether oxygens (including phenoxy) is 1. The van der Waals surface area contributed by atoms with Crippen molar-refractivity contribution >= 4 is 18.5 Å². The zero-order chi connectivity index (χ0) is 16.0. The molecule has 22 heavy (non-hydrogen) atoms.